The van der Waals surface area contributed by atoms with E-state index in [4.69, 9.17) is 15.0 Å². The van der Waals surface area contributed by atoms with Gasteiger partial charge in [-0.1, -0.05) is 44.9 Å². The molecule has 8 nitrogen and oxygen atoms in total. The number of phenols is 1. The van der Waals surface area contributed by atoms with Crippen LogP contribution < -0.4 is 0 Å². The predicted octanol–water partition coefficient (Wildman–Crippen LogP) is 4.33. The Morgan fingerprint density at radius 1 is 1.10 bits per heavy atom. The van der Waals surface area contributed by atoms with Crippen molar-refractivity contribution >= 4 is 5.91 Å². The molecule has 0 fully saturated rings. The van der Waals surface area contributed by atoms with Crippen molar-refractivity contribution in [2.45, 2.75) is 53.0 Å². The summed E-state index contributed by atoms with van der Waals surface area (Å²) in [5.41, 5.74) is 11.0. The average molecular weight is 407 g/mol. The molecule has 162 valence electrons. The fourth-order valence-corrected chi connectivity index (χ4v) is 2.93. The Hall–Kier alpha value is -2.28. The quantitative estimate of drug-likeness (QED) is 0.228. The maximum atomic E-state index is 12.1. The molecule has 8 heteroatoms. The second-order valence-corrected chi connectivity index (χ2v) is 7.55. The van der Waals surface area contributed by atoms with E-state index < -0.39 is 0 Å². The third kappa shape index (κ3) is 8.73. The van der Waals surface area contributed by atoms with E-state index in [9.17, 15) is 9.90 Å². The van der Waals surface area contributed by atoms with Gasteiger partial charge in [-0.05, 0) is 34.1 Å². The molecule has 0 aromatic heterocycles. The van der Waals surface area contributed by atoms with Gasteiger partial charge in [0.15, 0.2) is 0 Å². The Morgan fingerprint density at radius 3 is 2.14 bits per heavy atom. The summed E-state index contributed by atoms with van der Waals surface area (Å²) in [5.74, 6) is 0.724. The van der Waals surface area contributed by atoms with E-state index in [1.165, 1.54) is 0 Å². The molecule has 0 spiro atoms. The van der Waals surface area contributed by atoms with Crippen molar-refractivity contribution in [3.63, 3.8) is 0 Å². The Labute approximate surface area is 173 Å². The number of rotatable bonds is 13. The lowest BCUT2D eigenvalue weighted by Gasteiger charge is -2.23. The van der Waals surface area contributed by atoms with Gasteiger partial charge in [-0.2, -0.15) is 0 Å². The number of amides is 1. The molecular weight excluding hydrogens is 372 g/mol. The number of aromatic hydroxyl groups is 1. The van der Waals surface area contributed by atoms with E-state index in [-0.39, 0.29) is 17.7 Å². The number of azide groups is 1. The molecule has 0 heterocycles. The van der Waals surface area contributed by atoms with Gasteiger partial charge in [0.2, 0.25) is 5.91 Å². The van der Waals surface area contributed by atoms with Crippen LogP contribution in [0.5, 0.6) is 5.75 Å². The predicted molar refractivity (Wildman–Crippen MR) is 113 cm³/mol. The number of benzene rings is 1. The van der Waals surface area contributed by atoms with Crippen LogP contribution in [0.3, 0.4) is 0 Å². The molecule has 0 atom stereocenters. The van der Waals surface area contributed by atoms with E-state index in [2.05, 4.69) is 10.0 Å². The van der Waals surface area contributed by atoms with Crippen LogP contribution in [-0.4, -0.2) is 55.4 Å². The smallest absolute Gasteiger partial charge is 0.219 e. The van der Waals surface area contributed by atoms with Gasteiger partial charge in [-0.25, -0.2) is 0 Å². The van der Waals surface area contributed by atoms with Crippen molar-refractivity contribution in [1.29, 1.82) is 0 Å². The number of phenolic OH excluding ortho intramolecular Hbond substituents is 1. The highest BCUT2D eigenvalue weighted by Gasteiger charge is 2.17. The van der Waals surface area contributed by atoms with Crippen LogP contribution in [0.1, 0.15) is 63.1 Å². The fraction of sp³-hybridized carbons (Fsp3) is 0.667. The summed E-state index contributed by atoms with van der Waals surface area (Å²) in [5, 5.41) is 13.9. The Balaban J connectivity index is 2.63. The molecule has 1 N–H and O–H groups in total. The minimum absolute atomic E-state index is 0.0236. The molecule has 0 aliphatic carbocycles. The summed E-state index contributed by atoms with van der Waals surface area (Å²) in [4.78, 5) is 16.5. The summed E-state index contributed by atoms with van der Waals surface area (Å²) in [6.45, 7) is 12.6. The molecule has 1 aromatic carbocycles. The lowest BCUT2D eigenvalue weighted by Crippen LogP contribution is -2.32. The number of hydrogen-bond donors (Lipinski definition) is 1. The number of hydrogen-bond acceptors (Lipinski definition) is 5. The summed E-state index contributed by atoms with van der Waals surface area (Å²) in [6, 6.07) is 3.97. The Kier molecular flexibility index (Phi) is 11.1. The largest absolute Gasteiger partial charge is 0.507 e. The maximum Gasteiger partial charge on any atom is 0.219 e. The lowest BCUT2D eigenvalue weighted by molar-refractivity contribution is -0.130. The van der Waals surface area contributed by atoms with Crippen LogP contribution >= 0.6 is 0 Å². The fourth-order valence-electron chi connectivity index (χ4n) is 2.93. The monoisotopic (exact) mass is 406 g/mol. The van der Waals surface area contributed by atoms with E-state index in [1.54, 1.807) is 11.8 Å². The van der Waals surface area contributed by atoms with Crippen LogP contribution in [0.2, 0.25) is 0 Å². The van der Waals surface area contributed by atoms with Gasteiger partial charge < -0.3 is 19.5 Å². The summed E-state index contributed by atoms with van der Waals surface area (Å²) in [7, 11) is 0. The molecule has 0 unspecified atom stereocenters. The summed E-state index contributed by atoms with van der Waals surface area (Å²) >= 11 is 0. The van der Waals surface area contributed by atoms with E-state index in [1.807, 2.05) is 39.8 Å². The topological polar surface area (TPSA) is 108 Å². The van der Waals surface area contributed by atoms with Gasteiger partial charge in [0.1, 0.15) is 5.75 Å². The molecular formula is C21H34N4O4. The van der Waals surface area contributed by atoms with Gasteiger partial charge >= 0.3 is 0 Å². The van der Waals surface area contributed by atoms with Gasteiger partial charge in [-0.3, -0.25) is 4.79 Å². The van der Waals surface area contributed by atoms with Crippen molar-refractivity contribution in [3.05, 3.63) is 39.3 Å². The van der Waals surface area contributed by atoms with Crippen LogP contribution in [0.15, 0.2) is 17.2 Å². The van der Waals surface area contributed by atoms with Crippen molar-refractivity contribution < 1.29 is 19.4 Å². The SMILES string of the molecule is CC(=O)N(CCOCCOCCN=[N+]=[N-])Cc1cc(C(C)C)c(O)c(C(C)C)c1. The zero-order chi connectivity index (χ0) is 21.8. The zero-order valence-electron chi connectivity index (χ0n) is 18.2. The molecule has 0 saturated heterocycles. The number of ether oxygens (including phenoxy) is 2. The number of carbonyl (C=O) groups is 1. The molecule has 1 rings (SSSR count). The average Bonchev–Trinajstić information content (AvgIpc) is 2.66. The summed E-state index contributed by atoms with van der Waals surface area (Å²) < 4.78 is 10.8. The normalized spacial score (nSPS) is 11.0. The molecule has 0 radical (unpaired) electrons. The first kappa shape index (κ1) is 24.8. The van der Waals surface area contributed by atoms with Crippen LogP contribution in [0, 0.1) is 0 Å². The van der Waals surface area contributed by atoms with Gasteiger partial charge in [-0.15, -0.1) is 0 Å². The van der Waals surface area contributed by atoms with Crippen molar-refractivity contribution in [3.8, 4) is 5.75 Å². The highest BCUT2D eigenvalue weighted by atomic mass is 16.5. The highest BCUT2D eigenvalue weighted by molar-refractivity contribution is 5.73. The summed E-state index contributed by atoms with van der Waals surface area (Å²) in [6.07, 6.45) is 0. The van der Waals surface area contributed by atoms with Crippen molar-refractivity contribution in [2.24, 2.45) is 5.11 Å². The van der Waals surface area contributed by atoms with Gasteiger partial charge in [0, 0.05) is 31.5 Å². The van der Waals surface area contributed by atoms with E-state index in [0.717, 1.165) is 16.7 Å². The van der Waals surface area contributed by atoms with Crippen LogP contribution in [0.25, 0.3) is 10.4 Å². The van der Waals surface area contributed by atoms with Crippen molar-refractivity contribution in [1.82, 2.24) is 4.90 Å². The first-order valence-corrected chi connectivity index (χ1v) is 10.0. The first-order chi connectivity index (χ1) is 13.8. The zero-order valence-corrected chi connectivity index (χ0v) is 18.2. The van der Waals surface area contributed by atoms with E-state index >= 15 is 0 Å². The Morgan fingerprint density at radius 2 is 1.66 bits per heavy atom. The minimum atomic E-state index is -0.0236. The minimum Gasteiger partial charge on any atom is -0.507 e. The van der Waals surface area contributed by atoms with Crippen molar-refractivity contribution in [2.75, 3.05) is 39.5 Å². The van der Waals surface area contributed by atoms with Gasteiger partial charge in [0.25, 0.3) is 0 Å². The second kappa shape index (κ2) is 13.0. The Bertz CT molecular complexity index is 671. The molecule has 1 amide bonds. The third-order valence-corrected chi connectivity index (χ3v) is 4.57. The lowest BCUT2D eigenvalue weighted by atomic mass is 9.91. The van der Waals surface area contributed by atoms with E-state index in [0.29, 0.717) is 51.8 Å². The molecule has 0 aliphatic rings. The molecule has 1 aromatic rings. The number of carbonyl (C=O) groups excluding carboxylic acids is 1. The standard InChI is InChI=1S/C21H34N4O4/c1-15(2)19-12-18(13-20(16(3)4)21(19)27)14-25(17(5)26)7-9-29-11-10-28-8-6-23-24-22/h12-13,15-16,27H,6-11,14H2,1-5H3. The molecule has 0 saturated carbocycles. The highest BCUT2D eigenvalue weighted by Crippen LogP contribution is 2.35. The van der Waals surface area contributed by atoms with Gasteiger partial charge in [0.05, 0.1) is 26.4 Å². The third-order valence-electron chi connectivity index (χ3n) is 4.57. The molecule has 29 heavy (non-hydrogen) atoms. The molecule has 0 aliphatic heterocycles. The maximum absolute atomic E-state index is 12.1. The first-order valence-electron chi connectivity index (χ1n) is 10.0. The van der Waals surface area contributed by atoms with Crippen LogP contribution in [-0.2, 0) is 20.8 Å². The second-order valence-electron chi connectivity index (χ2n) is 7.55. The number of nitrogens with zero attached hydrogens (tertiary/aromatic N) is 4. The van der Waals surface area contributed by atoms with Crippen LogP contribution in [0.4, 0.5) is 0 Å². The molecule has 0 bridgehead atoms.